The second kappa shape index (κ2) is 6.39. The van der Waals surface area contributed by atoms with Gasteiger partial charge in [0.2, 0.25) is 5.88 Å². The topological polar surface area (TPSA) is 54.5 Å². The zero-order valence-electron chi connectivity index (χ0n) is 14.4. The number of methoxy groups -OCH3 is 1. The molecule has 1 saturated carbocycles. The van der Waals surface area contributed by atoms with E-state index in [9.17, 15) is 4.79 Å². The molecule has 1 aliphatic carbocycles. The molecule has 1 N–H and O–H groups in total. The average molecular weight is 337 g/mol. The lowest BCUT2D eigenvalue weighted by molar-refractivity contribution is -0.0998. The molecular formula is C20H23N3O2. The maximum Gasteiger partial charge on any atom is 0.318 e. The van der Waals surface area contributed by atoms with Crippen LogP contribution in [0.5, 0.6) is 5.88 Å². The van der Waals surface area contributed by atoms with Gasteiger partial charge in [0.25, 0.3) is 0 Å². The Labute approximate surface area is 148 Å². The molecule has 1 saturated heterocycles. The number of hydrogen-bond acceptors (Lipinski definition) is 3. The average Bonchev–Trinajstić information content (AvgIpc) is 2.59. The minimum Gasteiger partial charge on any atom is -0.481 e. The highest BCUT2D eigenvalue weighted by Gasteiger charge is 2.57. The maximum atomic E-state index is 12.7. The van der Waals surface area contributed by atoms with Gasteiger partial charge in [0.05, 0.1) is 25.4 Å². The molecule has 4 rings (SSSR count). The third-order valence-electron chi connectivity index (χ3n) is 5.51. The summed E-state index contributed by atoms with van der Waals surface area (Å²) in [5, 5.41) is 3.01. The molecule has 2 amide bonds. The molecule has 2 aromatic rings. The van der Waals surface area contributed by atoms with Gasteiger partial charge in [-0.05, 0) is 24.5 Å². The number of amides is 2. The van der Waals surface area contributed by atoms with Crippen molar-refractivity contribution in [2.45, 2.75) is 31.8 Å². The summed E-state index contributed by atoms with van der Waals surface area (Å²) in [7, 11) is 1.59. The number of ether oxygens (including phenoxy) is 1. The van der Waals surface area contributed by atoms with Gasteiger partial charge in [-0.3, -0.25) is 0 Å². The first kappa shape index (κ1) is 15.9. The first-order chi connectivity index (χ1) is 12.2. The van der Waals surface area contributed by atoms with Crippen molar-refractivity contribution in [3.63, 3.8) is 0 Å². The molecule has 1 aliphatic heterocycles. The molecule has 2 aliphatic rings. The van der Waals surface area contributed by atoms with Crippen molar-refractivity contribution in [2.75, 3.05) is 13.7 Å². The first-order valence-electron chi connectivity index (χ1n) is 8.81. The number of carbonyl (C=O) groups is 1. The summed E-state index contributed by atoms with van der Waals surface area (Å²) in [5.74, 6) is 0.561. The monoisotopic (exact) mass is 337 g/mol. The van der Waals surface area contributed by atoms with Crippen LogP contribution in [0.15, 0.2) is 48.5 Å². The SMILES string of the molecule is COc1cccc(CNC(=O)N2CC3(CCC3)[C@H]2c2ccccc2)n1. The number of urea groups is 1. The minimum atomic E-state index is -0.0176. The van der Waals surface area contributed by atoms with Crippen LogP contribution in [0.1, 0.15) is 36.6 Å². The Kier molecular flexibility index (Phi) is 4.07. The van der Waals surface area contributed by atoms with Crippen LogP contribution in [0.2, 0.25) is 0 Å². The van der Waals surface area contributed by atoms with Gasteiger partial charge < -0.3 is 15.0 Å². The van der Waals surface area contributed by atoms with Gasteiger partial charge in [-0.15, -0.1) is 0 Å². The molecule has 1 atom stereocenters. The summed E-state index contributed by atoms with van der Waals surface area (Å²) in [6.45, 7) is 1.25. The summed E-state index contributed by atoms with van der Waals surface area (Å²) in [6, 6.07) is 16.1. The zero-order valence-corrected chi connectivity index (χ0v) is 14.4. The number of aromatic nitrogens is 1. The predicted molar refractivity (Wildman–Crippen MR) is 95.2 cm³/mol. The van der Waals surface area contributed by atoms with Crippen LogP contribution in [0.4, 0.5) is 4.79 Å². The zero-order chi connectivity index (χ0) is 17.3. The van der Waals surface area contributed by atoms with Crippen LogP contribution in [0.3, 0.4) is 0 Å². The molecule has 130 valence electrons. The van der Waals surface area contributed by atoms with Gasteiger partial charge in [0.1, 0.15) is 0 Å². The van der Waals surface area contributed by atoms with E-state index in [2.05, 4.69) is 34.6 Å². The molecule has 1 spiro atoms. The predicted octanol–water partition coefficient (Wildman–Crippen LogP) is 3.53. The second-order valence-corrected chi connectivity index (χ2v) is 6.99. The van der Waals surface area contributed by atoms with Crippen LogP contribution in [0, 0.1) is 5.41 Å². The number of nitrogens with zero attached hydrogens (tertiary/aromatic N) is 2. The second-order valence-electron chi connectivity index (χ2n) is 6.99. The Morgan fingerprint density at radius 1 is 1.24 bits per heavy atom. The van der Waals surface area contributed by atoms with Crippen molar-refractivity contribution in [1.29, 1.82) is 0 Å². The summed E-state index contributed by atoms with van der Waals surface area (Å²) in [4.78, 5) is 19.0. The van der Waals surface area contributed by atoms with Crippen LogP contribution >= 0.6 is 0 Å². The van der Waals surface area contributed by atoms with Crippen molar-refractivity contribution >= 4 is 6.03 Å². The van der Waals surface area contributed by atoms with Gasteiger partial charge in [-0.1, -0.05) is 42.8 Å². The van der Waals surface area contributed by atoms with Crippen molar-refractivity contribution < 1.29 is 9.53 Å². The van der Waals surface area contributed by atoms with E-state index in [1.165, 1.54) is 24.8 Å². The van der Waals surface area contributed by atoms with E-state index < -0.39 is 0 Å². The summed E-state index contributed by atoms with van der Waals surface area (Å²) < 4.78 is 5.13. The fraction of sp³-hybridized carbons (Fsp3) is 0.400. The van der Waals surface area contributed by atoms with E-state index in [0.29, 0.717) is 17.8 Å². The van der Waals surface area contributed by atoms with Gasteiger partial charge in [0.15, 0.2) is 0 Å². The molecular weight excluding hydrogens is 314 g/mol. The summed E-state index contributed by atoms with van der Waals surface area (Å²) in [6.07, 6.45) is 3.70. The van der Waals surface area contributed by atoms with Gasteiger partial charge in [0, 0.05) is 18.0 Å². The minimum absolute atomic E-state index is 0.0176. The first-order valence-corrected chi connectivity index (χ1v) is 8.81. The molecule has 5 nitrogen and oxygen atoms in total. The lowest BCUT2D eigenvalue weighted by atomic mass is 9.56. The van der Waals surface area contributed by atoms with Crippen molar-refractivity contribution in [3.05, 3.63) is 59.8 Å². The Morgan fingerprint density at radius 2 is 2.04 bits per heavy atom. The highest BCUT2D eigenvalue weighted by Crippen LogP contribution is 2.60. The van der Waals surface area contributed by atoms with E-state index >= 15 is 0 Å². The number of rotatable bonds is 4. The van der Waals surface area contributed by atoms with E-state index in [1.54, 1.807) is 13.2 Å². The number of hydrogen-bond donors (Lipinski definition) is 1. The Morgan fingerprint density at radius 3 is 2.72 bits per heavy atom. The van der Waals surface area contributed by atoms with E-state index in [-0.39, 0.29) is 12.1 Å². The lowest BCUT2D eigenvalue weighted by Gasteiger charge is -2.62. The Hall–Kier alpha value is -2.56. The maximum absolute atomic E-state index is 12.7. The molecule has 5 heteroatoms. The van der Waals surface area contributed by atoms with Crippen LogP contribution < -0.4 is 10.1 Å². The van der Waals surface area contributed by atoms with Crippen LogP contribution in [-0.4, -0.2) is 29.6 Å². The molecule has 2 fully saturated rings. The lowest BCUT2D eigenvalue weighted by Crippen LogP contribution is -2.65. The molecule has 0 bridgehead atoms. The van der Waals surface area contributed by atoms with Crippen molar-refractivity contribution in [1.82, 2.24) is 15.2 Å². The third kappa shape index (κ3) is 2.84. The molecule has 1 aromatic carbocycles. The third-order valence-corrected chi connectivity index (χ3v) is 5.51. The Bertz CT molecular complexity index is 759. The smallest absolute Gasteiger partial charge is 0.318 e. The fourth-order valence-corrected chi connectivity index (χ4v) is 4.09. The quantitative estimate of drug-likeness (QED) is 0.928. The number of nitrogens with one attached hydrogen (secondary N) is 1. The number of likely N-dealkylation sites (tertiary alicyclic amines) is 1. The molecule has 0 unspecified atom stereocenters. The van der Waals surface area contributed by atoms with Gasteiger partial charge in [-0.25, -0.2) is 9.78 Å². The largest absolute Gasteiger partial charge is 0.481 e. The van der Waals surface area contributed by atoms with Crippen molar-refractivity contribution in [3.8, 4) is 5.88 Å². The highest BCUT2D eigenvalue weighted by molar-refractivity contribution is 5.76. The highest BCUT2D eigenvalue weighted by atomic mass is 16.5. The molecule has 2 heterocycles. The Balaban J connectivity index is 1.44. The summed E-state index contributed by atoms with van der Waals surface area (Å²) in [5.41, 5.74) is 2.33. The molecule has 25 heavy (non-hydrogen) atoms. The van der Waals surface area contributed by atoms with E-state index in [4.69, 9.17) is 4.74 Å². The fourth-order valence-electron chi connectivity index (χ4n) is 4.09. The molecule has 0 radical (unpaired) electrons. The van der Waals surface area contributed by atoms with Crippen LogP contribution in [-0.2, 0) is 6.54 Å². The summed E-state index contributed by atoms with van der Waals surface area (Å²) >= 11 is 0. The van der Waals surface area contributed by atoms with Gasteiger partial charge in [-0.2, -0.15) is 0 Å². The van der Waals surface area contributed by atoms with E-state index in [0.717, 1.165) is 12.2 Å². The number of pyridine rings is 1. The van der Waals surface area contributed by atoms with Crippen LogP contribution in [0.25, 0.3) is 0 Å². The molecule has 1 aromatic heterocycles. The number of carbonyl (C=O) groups excluding carboxylic acids is 1. The normalized spacial score (nSPS) is 20.5. The number of benzene rings is 1. The standard InChI is InChI=1S/C20H23N3O2/c1-25-17-10-5-9-16(22-17)13-21-19(24)23-14-20(11-6-12-20)18(23)15-7-3-2-4-8-15/h2-5,7-10,18H,6,11-14H2,1H3,(H,21,24)/t18-/m1/s1. The van der Waals surface area contributed by atoms with Gasteiger partial charge >= 0.3 is 6.03 Å². The van der Waals surface area contributed by atoms with E-state index in [1.807, 2.05) is 23.1 Å². The van der Waals surface area contributed by atoms with Crippen molar-refractivity contribution in [2.24, 2.45) is 5.41 Å².